The van der Waals surface area contributed by atoms with E-state index < -0.39 is 0 Å². The summed E-state index contributed by atoms with van der Waals surface area (Å²) in [5.74, 6) is 1.66. The van der Waals surface area contributed by atoms with Crippen LogP contribution in [-0.2, 0) is 4.74 Å². The van der Waals surface area contributed by atoms with E-state index in [1.54, 1.807) is 6.33 Å². The Bertz CT molecular complexity index is 340. The zero-order chi connectivity index (χ0) is 11.9. The van der Waals surface area contributed by atoms with E-state index in [-0.39, 0.29) is 6.10 Å². The predicted molar refractivity (Wildman–Crippen MR) is 67.3 cm³/mol. The molecule has 1 unspecified atom stereocenters. The Kier molecular flexibility index (Phi) is 4.52. The van der Waals surface area contributed by atoms with Crippen molar-refractivity contribution in [1.82, 2.24) is 15.3 Å². The van der Waals surface area contributed by atoms with Gasteiger partial charge in [-0.15, -0.1) is 0 Å². The molecule has 1 atom stereocenters. The molecule has 0 spiro atoms. The molecule has 6 heteroatoms. The van der Waals surface area contributed by atoms with Crippen LogP contribution in [-0.4, -0.2) is 48.9 Å². The summed E-state index contributed by atoms with van der Waals surface area (Å²) in [6.07, 6.45) is 1.77. The molecule has 2 heterocycles. The number of aromatic nitrogens is 2. The minimum absolute atomic E-state index is 0.210. The quantitative estimate of drug-likeness (QED) is 0.684. The number of ether oxygens (including phenoxy) is 1. The number of hydrogen-bond acceptors (Lipinski definition) is 6. The maximum Gasteiger partial charge on any atom is 0.131 e. The molecular formula is C11H19N5O. The molecule has 6 nitrogen and oxygen atoms in total. The number of anilines is 2. The summed E-state index contributed by atoms with van der Waals surface area (Å²) >= 11 is 0. The highest BCUT2D eigenvalue weighted by Gasteiger charge is 2.12. The molecule has 1 aliphatic heterocycles. The molecule has 0 amide bonds. The minimum atomic E-state index is 0.210. The standard InChI is InChI=1S/C11H19N5O/c1-2-13-10-5-11(16-8-15-10)14-7-9-6-12-3-4-17-9/h5,8-9,12H,2-4,6-7H2,1H3,(H2,13,14,15,16). The van der Waals surface area contributed by atoms with E-state index in [9.17, 15) is 0 Å². The van der Waals surface area contributed by atoms with Gasteiger partial charge in [0, 0.05) is 32.2 Å². The van der Waals surface area contributed by atoms with Gasteiger partial charge in [-0.05, 0) is 6.92 Å². The first-order valence-corrected chi connectivity index (χ1v) is 6.00. The molecule has 1 aromatic heterocycles. The van der Waals surface area contributed by atoms with Gasteiger partial charge in [0.05, 0.1) is 12.7 Å². The van der Waals surface area contributed by atoms with Crippen molar-refractivity contribution in [2.45, 2.75) is 13.0 Å². The molecule has 0 saturated carbocycles. The Balaban J connectivity index is 1.83. The van der Waals surface area contributed by atoms with Gasteiger partial charge >= 0.3 is 0 Å². The molecular weight excluding hydrogens is 218 g/mol. The Morgan fingerprint density at radius 1 is 1.41 bits per heavy atom. The molecule has 0 aromatic carbocycles. The molecule has 0 aliphatic carbocycles. The summed E-state index contributed by atoms with van der Waals surface area (Å²) < 4.78 is 5.59. The maximum atomic E-state index is 5.59. The fraction of sp³-hybridized carbons (Fsp3) is 0.636. The highest BCUT2D eigenvalue weighted by molar-refractivity contribution is 5.46. The van der Waals surface area contributed by atoms with Gasteiger partial charge < -0.3 is 20.7 Å². The topological polar surface area (TPSA) is 71.1 Å². The first-order chi connectivity index (χ1) is 8.38. The van der Waals surface area contributed by atoms with Crippen molar-refractivity contribution in [3.05, 3.63) is 12.4 Å². The molecule has 2 rings (SSSR count). The van der Waals surface area contributed by atoms with E-state index in [1.807, 2.05) is 13.0 Å². The van der Waals surface area contributed by atoms with Gasteiger partial charge in [-0.25, -0.2) is 9.97 Å². The second-order valence-corrected chi connectivity index (χ2v) is 3.90. The average Bonchev–Trinajstić information content (AvgIpc) is 2.39. The number of morpholine rings is 1. The minimum Gasteiger partial charge on any atom is -0.374 e. The van der Waals surface area contributed by atoms with Crippen molar-refractivity contribution >= 4 is 11.6 Å². The first-order valence-electron chi connectivity index (χ1n) is 6.00. The lowest BCUT2D eigenvalue weighted by molar-refractivity contribution is 0.0372. The molecule has 0 bridgehead atoms. The molecule has 1 aliphatic rings. The van der Waals surface area contributed by atoms with Crippen molar-refractivity contribution in [2.24, 2.45) is 0 Å². The third-order valence-corrected chi connectivity index (χ3v) is 2.54. The maximum absolute atomic E-state index is 5.59. The summed E-state index contributed by atoms with van der Waals surface area (Å²) in [7, 11) is 0. The van der Waals surface area contributed by atoms with Crippen LogP contribution in [0.15, 0.2) is 12.4 Å². The Labute approximate surface area is 101 Å². The van der Waals surface area contributed by atoms with Gasteiger partial charge in [0.15, 0.2) is 0 Å². The number of nitrogens with one attached hydrogen (secondary N) is 3. The van der Waals surface area contributed by atoms with Crippen LogP contribution in [0, 0.1) is 0 Å². The van der Waals surface area contributed by atoms with Crippen molar-refractivity contribution in [3.8, 4) is 0 Å². The first kappa shape index (κ1) is 12.1. The fourth-order valence-electron chi connectivity index (χ4n) is 1.70. The van der Waals surface area contributed by atoms with Crippen LogP contribution >= 0.6 is 0 Å². The Morgan fingerprint density at radius 3 is 2.94 bits per heavy atom. The highest BCUT2D eigenvalue weighted by atomic mass is 16.5. The normalized spacial score (nSPS) is 19.9. The van der Waals surface area contributed by atoms with Crippen LogP contribution in [0.25, 0.3) is 0 Å². The zero-order valence-electron chi connectivity index (χ0n) is 10.1. The van der Waals surface area contributed by atoms with Crippen LogP contribution in [0.5, 0.6) is 0 Å². The number of rotatable bonds is 5. The van der Waals surface area contributed by atoms with E-state index in [0.29, 0.717) is 0 Å². The molecule has 0 radical (unpaired) electrons. The average molecular weight is 237 g/mol. The second kappa shape index (κ2) is 6.36. The van der Waals surface area contributed by atoms with Gasteiger partial charge in [0.1, 0.15) is 18.0 Å². The van der Waals surface area contributed by atoms with Gasteiger partial charge in [-0.2, -0.15) is 0 Å². The van der Waals surface area contributed by atoms with E-state index in [2.05, 4.69) is 25.9 Å². The monoisotopic (exact) mass is 237 g/mol. The zero-order valence-corrected chi connectivity index (χ0v) is 10.1. The smallest absolute Gasteiger partial charge is 0.131 e. The SMILES string of the molecule is CCNc1cc(NCC2CNCCO2)ncn1. The van der Waals surface area contributed by atoms with Crippen molar-refractivity contribution < 1.29 is 4.74 Å². The summed E-state index contributed by atoms with van der Waals surface area (Å²) in [6.45, 7) is 6.25. The van der Waals surface area contributed by atoms with Gasteiger partial charge in [0.25, 0.3) is 0 Å². The summed E-state index contributed by atoms with van der Waals surface area (Å²) in [4.78, 5) is 8.29. The third kappa shape index (κ3) is 3.83. The summed E-state index contributed by atoms with van der Waals surface area (Å²) in [6, 6.07) is 1.90. The molecule has 94 valence electrons. The van der Waals surface area contributed by atoms with Gasteiger partial charge in [-0.3, -0.25) is 0 Å². The number of nitrogens with zero attached hydrogens (tertiary/aromatic N) is 2. The van der Waals surface area contributed by atoms with Crippen molar-refractivity contribution in [2.75, 3.05) is 43.4 Å². The number of hydrogen-bond donors (Lipinski definition) is 3. The Hall–Kier alpha value is -1.40. The summed E-state index contributed by atoms with van der Waals surface area (Å²) in [5, 5.41) is 9.70. The van der Waals surface area contributed by atoms with Crippen LogP contribution in [0.4, 0.5) is 11.6 Å². The fourth-order valence-corrected chi connectivity index (χ4v) is 1.70. The molecule has 3 N–H and O–H groups in total. The molecule has 1 fully saturated rings. The second-order valence-electron chi connectivity index (χ2n) is 3.90. The van der Waals surface area contributed by atoms with E-state index in [0.717, 1.165) is 44.4 Å². The third-order valence-electron chi connectivity index (χ3n) is 2.54. The van der Waals surface area contributed by atoms with Gasteiger partial charge in [-0.1, -0.05) is 0 Å². The van der Waals surface area contributed by atoms with Crippen molar-refractivity contribution in [1.29, 1.82) is 0 Å². The molecule has 17 heavy (non-hydrogen) atoms. The lowest BCUT2D eigenvalue weighted by Crippen LogP contribution is -2.42. The molecule has 1 aromatic rings. The van der Waals surface area contributed by atoms with E-state index in [4.69, 9.17) is 4.74 Å². The van der Waals surface area contributed by atoms with E-state index >= 15 is 0 Å². The molecule has 1 saturated heterocycles. The highest BCUT2D eigenvalue weighted by Crippen LogP contribution is 2.08. The van der Waals surface area contributed by atoms with Crippen LogP contribution in [0.2, 0.25) is 0 Å². The Morgan fingerprint density at radius 2 is 2.24 bits per heavy atom. The lowest BCUT2D eigenvalue weighted by atomic mass is 10.3. The van der Waals surface area contributed by atoms with Crippen LogP contribution in [0.1, 0.15) is 6.92 Å². The predicted octanol–water partition coefficient (Wildman–Crippen LogP) is 0.309. The van der Waals surface area contributed by atoms with Crippen molar-refractivity contribution in [3.63, 3.8) is 0 Å². The van der Waals surface area contributed by atoms with E-state index in [1.165, 1.54) is 0 Å². The van der Waals surface area contributed by atoms with Gasteiger partial charge in [0.2, 0.25) is 0 Å². The van der Waals surface area contributed by atoms with Crippen LogP contribution in [0.3, 0.4) is 0 Å². The largest absolute Gasteiger partial charge is 0.374 e. The summed E-state index contributed by atoms with van der Waals surface area (Å²) in [5.41, 5.74) is 0. The van der Waals surface area contributed by atoms with Crippen LogP contribution < -0.4 is 16.0 Å². The lowest BCUT2D eigenvalue weighted by Gasteiger charge is -2.23.